The van der Waals surface area contributed by atoms with E-state index in [0.717, 1.165) is 34.2 Å². The summed E-state index contributed by atoms with van der Waals surface area (Å²) in [6, 6.07) is 64.1. The minimum atomic E-state index is 0.806. The summed E-state index contributed by atoms with van der Waals surface area (Å²) in [5.41, 5.74) is 11.3. The molecular weight excluding hydrogens is 585 g/mol. The van der Waals surface area contributed by atoms with E-state index in [4.69, 9.17) is 0 Å². The Balaban J connectivity index is 1.22. The molecule has 4 nitrogen and oxygen atoms in total. The molecule has 0 radical (unpaired) electrons. The molecule has 4 heteroatoms. The molecule has 0 atom stereocenters. The fourth-order valence-electron chi connectivity index (χ4n) is 6.75. The van der Waals surface area contributed by atoms with Gasteiger partial charge in [-0.3, -0.25) is 4.57 Å². The molecular formula is C44H30N4. The van der Waals surface area contributed by atoms with E-state index in [1.165, 1.54) is 44.1 Å². The Morgan fingerprint density at radius 1 is 0.292 bits per heavy atom. The third kappa shape index (κ3) is 4.79. The molecule has 2 heterocycles. The van der Waals surface area contributed by atoms with Crippen molar-refractivity contribution in [3.63, 3.8) is 0 Å². The summed E-state index contributed by atoms with van der Waals surface area (Å²) < 4.78 is 4.53. The van der Waals surface area contributed by atoms with Crippen LogP contribution in [0.1, 0.15) is 0 Å². The van der Waals surface area contributed by atoms with Gasteiger partial charge in [0.05, 0.1) is 11.0 Å². The highest BCUT2D eigenvalue weighted by atomic mass is 15.3. The summed E-state index contributed by atoms with van der Waals surface area (Å²) in [5, 5.41) is 11.8. The highest BCUT2D eigenvalue weighted by Gasteiger charge is 2.19. The molecule has 2 aromatic heterocycles. The predicted molar refractivity (Wildman–Crippen MR) is 197 cm³/mol. The number of aromatic nitrogens is 4. The predicted octanol–water partition coefficient (Wildman–Crippen LogP) is 11.0. The van der Waals surface area contributed by atoms with Gasteiger partial charge in [-0.1, -0.05) is 133 Å². The lowest BCUT2D eigenvalue weighted by molar-refractivity contribution is 1.07. The van der Waals surface area contributed by atoms with Gasteiger partial charge in [0.2, 0.25) is 0 Å². The number of benzene rings is 7. The van der Waals surface area contributed by atoms with Crippen LogP contribution in [0.5, 0.6) is 0 Å². The zero-order chi connectivity index (χ0) is 31.9. The minimum Gasteiger partial charge on any atom is -0.309 e. The molecule has 0 spiro atoms. The van der Waals surface area contributed by atoms with Crippen molar-refractivity contribution in [3.8, 4) is 56.4 Å². The van der Waals surface area contributed by atoms with Gasteiger partial charge in [-0.2, -0.15) is 0 Å². The third-order valence-electron chi connectivity index (χ3n) is 9.07. The van der Waals surface area contributed by atoms with E-state index in [1.807, 2.05) is 36.4 Å². The van der Waals surface area contributed by atoms with Crippen LogP contribution in [0.15, 0.2) is 182 Å². The molecule has 7 aromatic carbocycles. The van der Waals surface area contributed by atoms with Crippen LogP contribution in [0, 0.1) is 0 Å². The van der Waals surface area contributed by atoms with Gasteiger partial charge < -0.3 is 4.57 Å². The Morgan fingerprint density at radius 3 is 1.04 bits per heavy atom. The first kappa shape index (κ1) is 27.8. The van der Waals surface area contributed by atoms with Gasteiger partial charge >= 0.3 is 0 Å². The SMILES string of the molecule is c1ccc(-c2ccc3c(c2)c2cc(-c4ccccc4)ccc2n3-c2ccc(-n3c(-c4ccccc4)nnc3-c3ccccc3)cc2)cc1. The lowest BCUT2D eigenvalue weighted by Crippen LogP contribution is -2.01. The number of hydrogen-bond acceptors (Lipinski definition) is 2. The van der Waals surface area contributed by atoms with Crippen molar-refractivity contribution in [1.29, 1.82) is 0 Å². The number of fused-ring (bicyclic) bond motifs is 3. The van der Waals surface area contributed by atoms with E-state index in [1.54, 1.807) is 0 Å². The smallest absolute Gasteiger partial charge is 0.168 e. The number of hydrogen-bond donors (Lipinski definition) is 0. The lowest BCUT2D eigenvalue weighted by Gasteiger charge is -2.13. The lowest BCUT2D eigenvalue weighted by atomic mass is 10.0. The van der Waals surface area contributed by atoms with Crippen molar-refractivity contribution in [2.24, 2.45) is 0 Å². The van der Waals surface area contributed by atoms with Crippen LogP contribution in [0.3, 0.4) is 0 Å². The Labute approximate surface area is 278 Å². The van der Waals surface area contributed by atoms with E-state index in [-0.39, 0.29) is 0 Å². The molecule has 0 aliphatic heterocycles. The van der Waals surface area contributed by atoms with Crippen molar-refractivity contribution in [2.45, 2.75) is 0 Å². The summed E-state index contributed by atoms with van der Waals surface area (Å²) in [5.74, 6) is 1.61. The normalized spacial score (nSPS) is 11.3. The van der Waals surface area contributed by atoms with Crippen LogP contribution in [0.2, 0.25) is 0 Å². The summed E-state index contributed by atoms with van der Waals surface area (Å²) in [6.45, 7) is 0. The fourth-order valence-corrected chi connectivity index (χ4v) is 6.75. The van der Waals surface area contributed by atoms with Crippen molar-refractivity contribution in [1.82, 2.24) is 19.3 Å². The quantitative estimate of drug-likeness (QED) is 0.187. The zero-order valence-corrected chi connectivity index (χ0v) is 26.1. The molecule has 9 rings (SSSR count). The zero-order valence-electron chi connectivity index (χ0n) is 26.1. The number of rotatable bonds is 6. The van der Waals surface area contributed by atoms with Gasteiger partial charge in [0, 0.05) is 33.3 Å². The second kappa shape index (κ2) is 11.7. The molecule has 0 bridgehead atoms. The Bertz CT molecular complexity index is 2360. The van der Waals surface area contributed by atoms with E-state index in [2.05, 4.69) is 165 Å². The summed E-state index contributed by atoms with van der Waals surface area (Å²) in [4.78, 5) is 0. The van der Waals surface area contributed by atoms with Crippen LogP contribution in [0.4, 0.5) is 0 Å². The van der Waals surface area contributed by atoms with Crippen LogP contribution in [0.25, 0.3) is 78.2 Å². The Morgan fingerprint density at radius 2 is 0.646 bits per heavy atom. The molecule has 0 unspecified atom stereocenters. The molecule has 48 heavy (non-hydrogen) atoms. The largest absolute Gasteiger partial charge is 0.309 e. The highest BCUT2D eigenvalue weighted by Crippen LogP contribution is 2.38. The fraction of sp³-hybridized carbons (Fsp3) is 0. The van der Waals surface area contributed by atoms with E-state index < -0.39 is 0 Å². The molecule has 0 saturated carbocycles. The average molecular weight is 615 g/mol. The molecule has 0 aliphatic rings. The molecule has 0 fully saturated rings. The van der Waals surface area contributed by atoms with Crippen molar-refractivity contribution >= 4 is 21.8 Å². The number of nitrogens with zero attached hydrogens (tertiary/aromatic N) is 4. The molecule has 0 amide bonds. The van der Waals surface area contributed by atoms with Gasteiger partial charge in [-0.25, -0.2) is 0 Å². The van der Waals surface area contributed by atoms with E-state index >= 15 is 0 Å². The standard InChI is InChI=1S/C44H30N4/c1-5-13-31(14-6-1)35-21-27-41-39(29-35)40-30-36(32-15-7-2-8-16-32)22-28-42(40)47(41)37-23-25-38(26-24-37)48-43(33-17-9-3-10-18-33)45-46-44(48)34-19-11-4-12-20-34/h1-30H. The Hall–Kier alpha value is -6.52. The summed E-state index contributed by atoms with van der Waals surface area (Å²) in [7, 11) is 0. The second-order valence-electron chi connectivity index (χ2n) is 12.0. The molecule has 0 saturated heterocycles. The first-order valence-electron chi connectivity index (χ1n) is 16.2. The highest BCUT2D eigenvalue weighted by molar-refractivity contribution is 6.11. The maximum atomic E-state index is 4.67. The Kier molecular flexibility index (Phi) is 6.76. The summed E-state index contributed by atoms with van der Waals surface area (Å²) in [6.07, 6.45) is 0. The van der Waals surface area contributed by atoms with Crippen molar-refractivity contribution in [2.75, 3.05) is 0 Å². The van der Waals surface area contributed by atoms with Crippen LogP contribution >= 0.6 is 0 Å². The molecule has 0 aliphatic carbocycles. The topological polar surface area (TPSA) is 35.6 Å². The molecule has 226 valence electrons. The van der Waals surface area contributed by atoms with Crippen molar-refractivity contribution < 1.29 is 0 Å². The van der Waals surface area contributed by atoms with Gasteiger partial charge in [0.25, 0.3) is 0 Å². The van der Waals surface area contributed by atoms with Gasteiger partial charge in [-0.15, -0.1) is 10.2 Å². The average Bonchev–Trinajstić information content (AvgIpc) is 3.76. The first-order valence-corrected chi connectivity index (χ1v) is 16.2. The monoisotopic (exact) mass is 614 g/mol. The van der Waals surface area contributed by atoms with E-state index in [9.17, 15) is 0 Å². The maximum absolute atomic E-state index is 4.67. The van der Waals surface area contributed by atoms with E-state index in [0.29, 0.717) is 0 Å². The van der Waals surface area contributed by atoms with Crippen molar-refractivity contribution in [3.05, 3.63) is 182 Å². The van der Waals surface area contributed by atoms with Crippen LogP contribution in [-0.4, -0.2) is 19.3 Å². The maximum Gasteiger partial charge on any atom is 0.168 e. The third-order valence-corrected chi connectivity index (χ3v) is 9.07. The summed E-state index contributed by atoms with van der Waals surface area (Å²) >= 11 is 0. The second-order valence-corrected chi connectivity index (χ2v) is 12.0. The first-order chi connectivity index (χ1) is 23.8. The van der Waals surface area contributed by atoms with Crippen LogP contribution in [-0.2, 0) is 0 Å². The van der Waals surface area contributed by atoms with Gasteiger partial charge in [0.1, 0.15) is 0 Å². The molecule has 9 aromatic rings. The van der Waals surface area contributed by atoms with Gasteiger partial charge in [0.15, 0.2) is 11.6 Å². The van der Waals surface area contributed by atoms with Crippen LogP contribution < -0.4 is 0 Å². The van der Waals surface area contributed by atoms with Gasteiger partial charge in [-0.05, 0) is 70.8 Å². The molecule has 0 N–H and O–H groups in total. The minimum absolute atomic E-state index is 0.806.